The lowest BCUT2D eigenvalue weighted by molar-refractivity contribution is 0.289. The molecule has 2 N–H and O–H groups in total. The second-order valence-electron chi connectivity index (χ2n) is 4.08. The first-order valence-corrected chi connectivity index (χ1v) is 7.32. The number of hydrogen-bond donors (Lipinski definition) is 1. The lowest BCUT2D eigenvalue weighted by Crippen LogP contribution is -2.15. The van der Waals surface area contributed by atoms with Crippen LogP contribution in [0.25, 0.3) is 0 Å². The Labute approximate surface area is 122 Å². The molecule has 108 valence electrons. The van der Waals surface area contributed by atoms with Gasteiger partial charge in [-0.3, -0.25) is 0 Å². The zero-order valence-corrected chi connectivity index (χ0v) is 12.4. The molecule has 2 aromatic rings. The van der Waals surface area contributed by atoms with Crippen molar-refractivity contribution in [3.05, 3.63) is 30.1 Å². The molecule has 0 atom stereocenters. The van der Waals surface area contributed by atoms with Crippen molar-refractivity contribution in [2.45, 2.75) is 25.1 Å². The van der Waals surface area contributed by atoms with Gasteiger partial charge in [-0.1, -0.05) is 24.8 Å². The molecular weight excluding hydrogens is 276 g/mol. The van der Waals surface area contributed by atoms with Crippen molar-refractivity contribution in [3.8, 4) is 11.5 Å². The number of aromatic nitrogens is 3. The van der Waals surface area contributed by atoms with Gasteiger partial charge in [0, 0.05) is 11.8 Å². The SMILES string of the molecule is CCCSc1nnc(COc2cccc(OC)c2)n1N. The van der Waals surface area contributed by atoms with Gasteiger partial charge < -0.3 is 15.3 Å². The van der Waals surface area contributed by atoms with Crippen molar-refractivity contribution in [1.29, 1.82) is 0 Å². The number of methoxy groups -OCH3 is 1. The summed E-state index contributed by atoms with van der Waals surface area (Å²) in [7, 11) is 1.62. The van der Waals surface area contributed by atoms with Crippen LogP contribution in [0.15, 0.2) is 29.4 Å². The standard InChI is InChI=1S/C13H18N4O2S/c1-3-7-20-13-16-15-12(17(13)14)9-19-11-6-4-5-10(8-11)18-2/h4-6,8H,3,7,9,14H2,1-2H3. The third kappa shape index (κ3) is 3.57. The van der Waals surface area contributed by atoms with Crippen molar-refractivity contribution in [1.82, 2.24) is 14.9 Å². The van der Waals surface area contributed by atoms with Crippen LogP contribution in [-0.4, -0.2) is 27.7 Å². The maximum Gasteiger partial charge on any atom is 0.209 e. The molecule has 0 unspecified atom stereocenters. The summed E-state index contributed by atoms with van der Waals surface area (Å²) in [6.45, 7) is 2.38. The minimum absolute atomic E-state index is 0.267. The van der Waals surface area contributed by atoms with Crippen LogP contribution >= 0.6 is 11.8 Å². The number of benzene rings is 1. The molecule has 0 spiro atoms. The predicted molar refractivity (Wildman–Crippen MR) is 78.5 cm³/mol. The molecule has 0 aliphatic heterocycles. The Morgan fingerprint density at radius 1 is 1.30 bits per heavy atom. The van der Waals surface area contributed by atoms with E-state index in [-0.39, 0.29) is 6.61 Å². The predicted octanol–water partition coefficient (Wildman–Crippen LogP) is 2.08. The molecule has 0 saturated heterocycles. The van der Waals surface area contributed by atoms with Gasteiger partial charge in [0.15, 0.2) is 5.82 Å². The van der Waals surface area contributed by atoms with Crippen molar-refractivity contribution < 1.29 is 9.47 Å². The first-order chi connectivity index (χ1) is 9.74. The van der Waals surface area contributed by atoms with E-state index in [2.05, 4.69) is 17.1 Å². The van der Waals surface area contributed by atoms with Crippen molar-refractivity contribution >= 4 is 11.8 Å². The zero-order chi connectivity index (χ0) is 14.4. The van der Waals surface area contributed by atoms with Gasteiger partial charge in [-0.05, 0) is 18.6 Å². The maximum absolute atomic E-state index is 5.93. The Morgan fingerprint density at radius 2 is 2.10 bits per heavy atom. The van der Waals surface area contributed by atoms with Crippen LogP contribution in [0, 0.1) is 0 Å². The highest BCUT2D eigenvalue weighted by molar-refractivity contribution is 7.99. The van der Waals surface area contributed by atoms with Crippen LogP contribution in [0.4, 0.5) is 0 Å². The fraction of sp³-hybridized carbons (Fsp3) is 0.385. The van der Waals surface area contributed by atoms with Crippen LogP contribution in [-0.2, 0) is 6.61 Å². The molecule has 0 fully saturated rings. The van der Waals surface area contributed by atoms with Gasteiger partial charge in [0.2, 0.25) is 5.16 Å². The van der Waals surface area contributed by atoms with Crippen LogP contribution in [0.3, 0.4) is 0 Å². The average molecular weight is 294 g/mol. The first kappa shape index (κ1) is 14.5. The van der Waals surface area contributed by atoms with Crippen molar-refractivity contribution in [2.24, 2.45) is 0 Å². The molecule has 2 rings (SSSR count). The Hall–Kier alpha value is -1.89. The summed E-state index contributed by atoms with van der Waals surface area (Å²) in [6, 6.07) is 7.39. The second-order valence-corrected chi connectivity index (χ2v) is 5.15. The third-order valence-corrected chi connectivity index (χ3v) is 3.73. The summed E-state index contributed by atoms with van der Waals surface area (Å²) in [4.78, 5) is 0. The van der Waals surface area contributed by atoms with E-state index in [9.17, 15) is 0 Å². The Morgan fingerprint density at radius 3 is 2.85 bits per heavy atom. The highest BCUT2D eigenvalue weighted by Crippen LogP contribution is 2.20. The molecule has 0 aliphatic carbocycles. The Kier molecular flexibility index (Phi) is 5.11. The summed E-state index contributed by atoms with van der Waals surface area (Å²) in [5.74, 6) is 8.93. The normalized spacial score (nSPS) is 10.5. The number of hydrogen-bond acceptors (Lipinski definition) is 6. The van der Waals surface area contributed by atoms with Crippen LogP contribution in [0.5, 0.6) is 11.5 Å². The molecular formula is C13H18N4O2S. The summed E-state index contributed by atoms with van der Waals surface area (Å²) in [6.07, 6.45) is 1.06. The van der Waals surface area contributed by atoms with Gasteiger partial charge in [0.25, 0.3) is 0 Å². The number of nitrogen functional groups attached to an aromatic ring is 1. The van der Waals surface area contributed by atoms with E-state index in [1.165, 1.54) is 4.68 Å². The minimum atomic E-state index is 0.267. The van der Waals surface area contributed by atoms with Crippen LogP contribution < -0.4 is 15.3 Å². The second kappa shape index (κ2) is 7.04. The fourth-order valence-electron chi connectivity index (χ4n) is 1.54. The molecule has 6 nitrogen and oxygen atoms in total. The molecule has 1 aromatic heterocycles. The molecule has 20 heavy (non-hydrogen) atoms. The number of thioether (sulfide) groups is 1. The maximum atomic E-state index is 5.93. The Bertz CT molecular complexity index is 559. The van der Waals surface area contributed by atoms with Gasteiger partial charge in [-0.15, -0.1) is 10.2 Å². The monoisotopic (exact) mass is 294 g/mol. The molecule has 1 aromatic carbocycles. The number of ether oxygens (including phenoxy) is 2. The van der Waals surface area contributed by atoms with E-state index in [0.29, 0.717) is 16.7 Å². The molecule has 0 saturated carbocycles. The molecule has 0 radical (unpaired) electrons. The van der Waals surface area contributed by atoms with Gasteiger partial charge in [-0.2, -0.15) is 0 Å². The van der Waals surface area contributed by atoms with Crippen LogP contribution in [0.2, 0.25) is 0 Å². The summed E-state index contributed by atoms with van der Waals surface area (Å²) >= 11 is 1.58. The lowest BCUT2D eigenvalue weighted by Gasteiger charge is -2.07. The molecule has 7 heteroatoms. The fourth-order valence-corrected chi connectivity index (χ4v) is 2.27. The van der Waals surface area contributed by atoms with Gasteiger partial charge in [-0.25, -0.2) is 4.68 Å². The van der Waals surface area contributed by atoms with E-state index in [1.54, 1.807) is 18.9 Å². The lowest BCUT2D eigenvalue weighted by atomic mass is 10.3. The van der Waals surface area contributed by atoms with E-state index in [1.807, 2.05) is 24.3 Å². The number of nitrogens with two attached hydrogens (primary N) is 1. The highest BCUT2D eigenvalue weighted by Gasteiger charge is 2.10. The smallest absolute Gasteiger partial charge is 0.209 e. The van der Waals surface area contributed by atoms with Gasteiger partial charge in [0.05, 0.1) is 7.11 Å². The third-order valence-electron chi connectivity index (χ3n) is 2.58. The molecule has 0 aliphatic rings. The summed E-state index contributed by atoms with van der Waals surface area (Å²) in [5, 5.41) is 8.79. The van der Waals surface area contributed by atoms with Gasteiger partial charge in [0.1, 0.15) is 18.1 Å². The van der Waals surface area contributed by atoms with Crippen LogP contribution in [0.1, 0.15) is 19.2 Å². The quantitative estimate of drug-likeness (QED) is 0.622. The molecule has 1 heterocycles. The first-order valence-electron chi connectivity index (χ1n) is 6.33. The largest absolute Gasteiger partial charge is 0.497 e. The molecule has 0 bridgehead atoms. The number of rotatable bonds is 7. The summed E-state index contributed by atoms with van der Waals surface area (Å²) in [5.41, 5.74) is 0. The van der Waals surface area contributed by atoms with Crippen molar-refractivity contribution in [3.63, 3.8) is 0 Å². The minimum Gasteiger partial charge on any atom is -0.497 e. The zero-order valence-electron chi connectivity index (χ0n) is 11.6. The van der Waals surface area contributed by atoms with Gasteiger partial charge >= 0.3 is 0 Å². The van der Waals surface area contributed by atoms with Crippen molar-refractivity contribution in [2.75, 3.05) is 18.7 Å². The van der Waals surface area contributed by atoms with E-state index < -0.39 is 0 Å². The summed E-state index contributed by atoms with van der Waals surface area (Å²) < 4.78 is 12.3. The topological polar surface area (TPSA) is 75.2 Å². The van der Waals surface area contributed by atoms with E-state index in [0.717, 1.165) is 17.9 Å². The highest BCUT2D eigenvalue weighted by atomic mass is 32.2. The average Bonchev–Trinajstić information content (AvgIpc) is 2.83. The number of nitrogens with zero attached hydrogens (tertiary/aromatic N) is 3. The van der Waals surface area contributed by atoms with E-state index >= 15 is 0 Å². The van der Waals surface area contributed by atoms with E-state index in [4.69, 9.17) is 15.3 Å². The Balaban J connectivity index is 1.98. The molecule has 0 amide bonds.